The molecular formula is C20H25FN2O. The van der Waals surface area contributed by atoms with Gasteiger partial charge in [-0.3, -0.25) is 4.79 Å². The first-order chi connectivity index (χ1) is 11.4. The van der Waals surface area contributed by atoms with Crippen molar-refractivity contribution in [2.24, 2.45) is 0 Å². The second-order valence-electron chi connectivity index (χ2n) is 6.22. The number of carbonyl (C=O) groups is 1. The second kappa shape index (κ2) is 7.95. The molecule has 0 radical (unpaired) electrons. The van der Waals surface area contributed by atoms with E-state index in [1.165, 1.54) is 6.07 Å². The van der Waals surface area contributed by atoms with Crippen molar-refractivity contribution >= 4 is 17.3 Å². The lowest BCUT2D eigenvalue weighted by atomic mass is 9.97. The third-order valence-corrected chi connectivity index (χ3v) is 4.31. The summed E-state index contributed by atoms with van der Waals surface area (Å²) < 4.78 is 13.6. The minimum absolute atomic E-state index is 0.147. The summed E-state index contributed by atoms with van der Waals surface area (Å²) in [5, 5.41) is 6.02. The van der Waals surface area contributed by atoms with Crippen molar-refractivity contribution in [3.05, 3.63) is 59.4 Å². The zero-order valence-corrected chi connectivity index (χ0v) is 14.7. The molecule has 0 heterocycles. The van der Waals surface area contributed by atoms with Crippen molar-refractivity contribution in [3.63, 3.8) is 0 Å². The first-order valence-corrected chi connectivity index (χ1v) is 8.34. The van der Waals surface area contributed by atoms with Gasteiger partial charge in [-0.25, -0.2) is 4.39 Å². The topological polar surface area (TPSA) is 41.1 Å². The van der Waals surface area contributed by atoms with E-state index in [0.29, 0.717) is 17.2 Å². The molecule has 0 aromatic heterocycles. The van der Waals surface area contributed by atoms with E-state index in [0.717, 1.165) is 17.7 Å². The summed E-state index contributed by atoms with van der Waals surface area (Å²) in [7, 11) is 0. The van der Waals surface area contributed by atoms with E-state index < -0.39 is 6.04 Å². The van der Waals surface area contributed by atoms with Crippen LogP contribution in [-0.4, -0.2) is 11.9 Å². The summed E-state index contributed by atoms with van der Waals surface area (Å²) in [5.74, 6) is -0.0579. The van der Waals surface area contributed by atoms with Gasteiger partial charge in [0.25, 0.3) is 0 Å². The largest absolute Gasteiger partial charge is 0.374 e. The number of halogens is 1. The van der Waals surface area contributed by atoms with Gasteiger partial charge in [-0.2, -0.15) is 0 Å². The number of hydrogen-bond acceptors (Lipinski definition) is 2. The van der Waals surface area contributed by atoms with Gasteiger partial charge in [0, 0.05) is 11.4 Å². The molecule has 0 saturated heterocycles. The van der Waals surface area contributed by atoms with Gasteiger partial charge in [0.15, 0.2) is 0 Å². The van der Waals surface area contributed by atoms with Crippen molar-refractivity contribution in [2.75, 3.05) is 10.6 Å². The van der Waals surface area contributed by atoms with Crippen LogP contribution in [0.2, 0.25) is 0 Å². The lowest BCUT2D eigenvalue weighted by Crippen LogP contribution is -2.32. The molecule has 1 amide bonds. The van der Waals surface area contributed by atoms with Crippen LogP contribution in [0.1, 0.15) is 44.2 Å². The maximum Gasteiger partial charge on any atom is 0.246 e. The lowest BCUT2D eigenvalue weighted by Gasteiger charge is -2.19. The predicted octanol–water partition coefficient (Wildman–Crippen LogP) is 5.09. The average Bonchev–Trinajstić information content (AvgIpc) is 2.58. The third kappa shape index (κ3) is 4.34. The van der Waals surface area contributed by atoms with Gasteiger partial charge in [-0.1, -0.05) is 38.1 Å². The molecule has 0 fully saturated rings. The molecule has 2 atom stereocenters. The van der Waals surface area contributed by atoms with Crippen molar-refractivity contribution in [1.82, 2.24) is 0 Å². The lowest BCUT2D eigenvalue weighted by molar-refractivity contribution is -0.116. The Labute approximate surface area is 143 Å². The molecule has 2 aromatic carbocycles. The first-order valence-electron chi connectivity index (χ1n) is 8.34. The molecule has 128 valence electrons. The second-order valence-corrected chi connectivity index (χ2v) is 6.22. The minimum atomic E-state index is -0.475. The molecule has 0 bridgehead atoms. The van der Waals surface area contributed by atoms with Gasteiger partial charge < -0.3 is 10.6 Å². The number of amides is 1. The molecule has 2 aromatic rings. The van der Waals surface area contributed by atoms with Crippen LogP contribution in [0.25, 0.3) is 0 Å². The van der Waals surface area contributed by atoms with Crippen LogP contribution < -0.4 is 10.6 Å². The number of benzene rings is 2. The molecule has 2 unspecified atom stereocenters. The number of aryl methyl sites for hydroxylation is 1. The summed E-state index contributed by atoms with van der Waals surface area (Å²) in [5.41, 5.74) is 3.14. The van der Waals surface area contributed by atoms with Gasteiger partial charge in [0.1, 0.15) is 11.9 Å². The zero-order valence-electron chi connectivity index (χ0n) is 14.7. The monoisotopic (exact) mass is 328 g/mol. The number of carbonyl (C=O) groups excluding carboxylic acids is 1. The first kappa shape index (κ1) is 18.0. The Balaban J connectivity index is 2.08. The van der Waals surface area contributed by atoms with E-state index in [1.807, 2.05) is 24.3 Å². The van der Waals surface area contributed by atoms with Crippen LogP contribution >= 0.6 is 0 Å². The van der Waals surface area contributed by atoms with Crippen LogP contribution in [0.5, 0.6) is 0 Å². The van der Waals surface area contributed by atoms with Crippen molar-refractivity contribution < 1.29 is 9.18 Å². The summed E-state index contributed by atoms with van der Waals surface area (Å²) in [6, 6.07) is 12.2. The molecule has 0 aliphatic rings. The maximum atomic E-state index is 13.6. The average molecular weight is 328 g/mol. The molecule has 24 heavy (non-hydrogen) atoms. The van der Waals surface area contributed by atoms with E-state index in [1.54, 1.807) is 26.0 Å². The number of anilines is 2. The maximum absolute atomic E-state index is 13.6. The Morgan fingerprint density at radius 3 is 2.54 bits per heavy atom. The summed E-state index contributed by atoms with van der Waals surface area (Å²) in [4.78, 5) is 12.5. The SMILES string of the molecule is CCC(C)c1ccccc1NC(=O)C(C)Nc1ccc(C)c(F)c1. The van der Waals surface area contributed by atoms with Crippen molar-refractivity contribution in [1.29, 1.82) is 0 Å². The number of rotatable bonds is 6. The van der Waals surface area contributed by atoms with E-state index in [9.17, 15) is 9.18 Å². The normalized spacial score (nSPS) is 13.2. The quantitative estimate of drug-likeness (QED) is 0.776. The number of hydrogen-bond donors (Lipinski definition) is 2. The highest BCUT2D eigenvalue weighted by Crippen LogP contribution is 2.26. The van der Waals surface area contributed by atoms with Gasteiger partial charge in [0.05, 0.1) is 0 Å². The van der Waals surface area contributed by atoms with Crippen LogP contribution in [-0.2, 0) is 4.79 Å². The highest BCUT2D eigenvalue weighted by Gasteiger charge is 2.16. The Hall–Kier alpha value is -2.36. The highest BCUT2D eigenvalue weighted by atomic mass is 19.1. The Bertz CT molecular complexity index is 715. The fourth-order valence-electron chi connectivity index (χ4n) is 2.50. The van der Waals surface area contributed by atoms with Crippen LogP contribution in [0.4, 0.5) is 15.8 Å². The molecule has 3 nitrogen and oxygen atoms in total. The molecule has 4 heteroatoms. The summed E-state index contributed by atoms with van der Waals surface area (Å²) >= 11 is 0. The molecule has 0 aliphatic carbocycles. The van der Waals surface area contributed by atoms with Crippen LogP contribution in [0.3, 0.4) is 0 Å². The molecular weight excluding hydrogens is 303 g/mol. The smallest absolute Gasteiger partial charge is 0.246 e. The fraction of sp³-hybridized carbons (Fsp3) is 0.350. The minimum Gasteiger partial charge on any atom is -0.374 e. The van der Waals surface area contributed by atoms with Gasteiger partial charge in [0.2, 0.25) is 5.91 Å². The third-order valence-electron chi connectivity index (χ3n) is 4.31. The molecule has 2 rings (SSSR count). The van der Waals surface area contributed by atoms with Crippen LogP contribution in [0.15, 0.2) is 42.5 Å². The highest BCUT2D eigenvalue weighted by molar-refractivity contribution is 5.96. The fourth-order valence-corrected chi connectivity index (χ4v) is 2.50. The standard InChI is InChI=1S/C20H25FN2O/c1-5-13(2)17-8-6-7-9-19(17)23-20(24)15(4)22-16-11-10-14(3)18(21)12-16/h6-13,15,22H,5H2,1-4H3,(H,23,24). The van der Waals surface area contributed by atoms with E-state index in [2.05, 4.69) is 24.5 Å². The van der Waals surface area contributed by atoms with E-state index in [-0.39, 0.29) is 11.7 Å². The van der Waals surface area contributed by atoms with E-state index >= 15 is 0 Å². The predicted molar refractivity (Wildman–Crippen MR) is 98.0 cm³/mol. The Morgan fingerprint density at radius 1 is 1.17 bits per heavy atom. The van der Waals surface area contributed by atoms with Crippen molar-refractivity contribution in [2.45, 2.75) is 46.1 Å². The van der Waals surface area contributed by atoms with Gasteiger partial charge in [-0.05, 0) is 55.5 Å². The molecule has 0 aliphatic heterocycles. The molecule has 0 saturated carbocycles. The van der Waals surface area contributed by atoms with E-state index in [4.69, 9.17) is 0 Å². The van der Waals surface area contributed by atoms with Gasteiger partial charge >= 0.3 is 0 Å². The Morgan fingerprint density at radius 2 is 1.88 bits per heavy atom. The Kier molecular flexibility index (Phi) is 5.96. The van der Waals surface area contributed by atoms with Gasteiger partial charge in [-0.15, -0.1) is 0 Å². The molecule has 2 N–H and O–H groups in total. The van der Waals surface area contributed by atoms with Crippen molar-refractivity contribution in [3.8, 4) is 0 Å². The summed E-state index contributed by atoms with van der Waals surface area (Å²) in [6.45, 7) is 7.74. The number of para-hydroxylation sites is 1. The summed E-state index contributed by atoms with van der Waals surface area (Å²) in [6.07, 6.45) is 1.00. The number of nitrogens with one attached hydrogen (secondary N) is 2. The zero-order chi connectivity index (χ0) is 17.7. The van der Waals surface area contributed by atoms with Crippen LogP contribution in [0, 0.1) is 12.7 Å². The molecule has 0 spiro atoms.